The molecule has 0 spiro atoms. The zero-order chi connectivity index (χ0) is 18.1. The highest BCUT2D eigenvalue weighted by molar-refractivity contribution is 7.99. The first kappa shape index (κ1) is 16.6. The molecule has 132 valence electrons. The molecule has 0 N–H and O–H groups in total. The van der Waals surface area contributed by atoms with Crippen molar-refractivity contribution in [1.29, 1.82) is 0 Å². The van der Waals surface area contributed by atoms with Gasteiger partial charge < -0.3 is 9.47 Å². The van der Waals surface area contributed by atoms with Gasteiger partial charge in [0, 0.05) is 24.4 Å². The molecular weight excluding hydrogens is 352 g/mol. The monoisotopic (exact) mass is 368 g/mol. The SMILES string of the molecule is O=C(Cn1cnc2ccccc21)N1CCSC1c1ccc([N+](=O)[O-])cc1. The number of thioether (sulfide) groups is 1. The number of nitro groups is 1. The quantitative estimate of drug-likeness (QED) is 0.522. The Morgan fingerprint density at radius 2 is 2.00 bits per heavy atom. The van der Waals surface area contributed by atoms with Crippen molar-refractivity contribution in [3.63, 3.8) is 0 Å². The van der Waals surface area contributed by atoms with E-state index in [0.717, 1.165) is 22.3 Å². The minimum absolute atomic E-state index is 0.0153. The fourth-order valence-electron chi connectivity index (χ4n) is 3.14. The molecular formula is C18H16N4O3S. The molecule has 1 fully saturated rings. The highest BCUT2D eigenvalue weighted by Crippen LogP contribution is 2.38. The minimum Gasteiger partial charge on any atom is -0.324 e. The Morgan fingerprint density at radius 3 is 2.77 bits per heavy atom. The summed E-state index contributed by atoms with van der Waals surface area (Å²) >= 11 is 1.67. The predicted octanol–water partition coefficient (Wildman–Crippen LogP) is 3.22. The van der Waals surface area contributed by atoms with Crippen LogP contribution in [0, 0.1) is 10.1 Å². The van der Waals surface area contributed by atoms with Gasteiger partial charge in [0.1, 0.15) is 11.9 Å². The second-order valence-corrected chi connectivity index (χ2v) is 7.21. The predicted molar refractivity (Wildman–Crippen MR) is 99.7 cm³/mol. The van der Waals surface area contributed by atoms with Crippen molar-refractivity contribution in [2.24, 2.45) is 0 Å². The molecule has 2 aromatic carbocycles. The molecule has 1 aromatic heterocycles. The molecule has 0 radical (unpaired) electrons. The highest BCUT2D eigenvalue weighted by Gasteiger charge is 2.31. The number of hydrogen-bond donors (Lipinski definition) is 0. The smallest absolute Gasteiger partial charge is 0.269 e. The molecule has 1 atom stereocenters. The summed E-state index contributed by atoms with van der Waals surface area (Å²) in [5.74, 6) is 0.861. The van der Waals surface area contributed by atoms with Crippen molar-refractivity contribution in [2.75, 3.05) is 12.3 Å². The van der Waals surface area contributed by atoms with Gasteiger partial charge in [0.15, 0.2) is 0 Å². The Balaban J connectivity index is 1.54. The molecule has 26 heavy (non-hydrogen) atoms. The molecule has 1 saturated heterocycles. The third kappa shape index (κ3) is 3.03. The molecule has 3 aromatic rings. The van der Waals surface area contributed by atoms with Gasteiger partial charge in [-0.3, -0.25) is 14.9 Å². The first-order valence-electron chi connectivity index (χ1n) is 8.19. The Labute approximate surface area is 153 Å². The second kappa shape index (κ2) is 6.80. The van der Waals surface area contributed by atoms with Crippen LogP contribution in [0.15, 0.2) is 54.9 Å². The number of aromatic nitrogens is 2. The maximum absolute atomic E-state index is 12.9. The number of rotatable bonds is 4. The van der Waals surface area contributed by atoms with E-state index in [1.807, 2.05) is 33.7 Å². The number of benzene rings is 2. The Kier molecular flexibility index (Phi) is 4.34. The number of carbonyl (C=O) groups is 1. The Hall–Kier alpha value is -2.87. The lowest BCUT2D eigenvalue weighted by Gasteiger charge is -2.24. The van der Waals surface area contributed by atoms with E-state index in [2.05, 4.69) is 4.98 Å². The number of para-hydroxylation sites is 2. The molecule has 7 nitrogen and oxygen atoms in total. The van der Waals surface area contributed by atoms with Crippen LogP contribution in [0.5, 0.6) is 0 Å². The molecule has 8 heteroatoms. The van der Waals surface area contributed by atoms with Crippen LogP contribution in [-0.4, -0.2) is 37.6 Å². The van der Waals surface area contributed by atoms with Crippen LogP contribution in [0.1, 0.15) is 10.9 Å². The van der Waals surface area contributed by atoms with E-state index in [0.29, 0.717) is 6.54 Å². The van der Waals surface area contributed by atoms with Crippen molar-refractivity contribution in [3.8, 4) is 0 Å². The fraction of sp³-hybridized carbons (Fsp3) is 0.222. The van der Waals surface area contributed by atoms with Crippen LogP contribution in [0.4, 0.5) is 5.69 Å². The maximum Gasteiger partial charge on any atom is 0.269 e. The summed E-state index contributed by atoms with van der Waals surface area (Å²) in [5.41, 5.74) is 2.75. The normalized spacial score (nSPS) is 16.9. The average molecular weight is 368 g/mol. The van der Waals surface area contributed by atoms with E-state index in [9.17, 15) is 14.9 Å². The fourth-order valence-corrected chi connectivity index (χ4v) is 4.41. The first-order chi connectivity index (χ1) is 12.6. The molecule has 4 rings (SSSR count). The maximum atomic E-state index is 12.9. The summed E-state index contributed by atoms with van der Waals surface area (Å²) in [4.78, 5) is 29.4. The minimum atomic E-state index is -0.418. The van der Waals surface area contributed by atoms with E-state index in [4.69, 9.17) is 0 Å². The molecule has 1 aliphatic heterocycles. The van der Waals surface area contributed by atoms with Crippen molar-refractivity contribution >= 4 is 34.4 Å². The van der Waals surface area contributed by atoms with Gasteiger partial charge in [0.25, 0.3) is 5.69 Å². The summed E-state index contributed by atoms with van der Waals surface area (Å²) < 4.78 is 1.85. The number of hydrogen-bond acceptors (Lipinski definition) is 5. The molecule has 0 aliphatic carbocycles. The highest BCUT2D eigenvalue weighted by atomic mass is 32.2. The van der Waals surface area contributed by atoms with Crippen LogP contribution in [0.3, 0.4) is 0 Å². The molecule has 1 amide bonds. The lowest BCUT2D eigenvalue weighted by Crippen LogP contribution is -2.33. The van der Waals surface area contributed by atoms with Gasteiger partial charge in [-0.2, -0.15) is 0 Å². The van der Waals surface area contributed by atoms with Gasteiger partial charge in [-0.15, -0.1) is 11.8 Å². The van der Waals surface area contributed by atoms with Crippen molar-refractivity contribution in [3.05, 3.63) is 70.5 Å². The molecule has 2 heterocycles. The number of carbonyl (C=O) groups excluding carboxylic acids is 1. The summed E-state index contributed by atoms with van der Waals surface area (Å²) in [6, 6.07) is 14.1. The van der Waals surface area contributed by atoms with Gasteiger partial charge in [-0.1, -0.05) is 12.1 Å². The van der Waals surface area contributed by atoms with Crippen molar-refractivity contribution in [2.45, 2.75) is 11.9 Å². The van der Waals surface area contributed by atoms with Crippen LogP contribution in [-0.2, 0) is 11.3 Å². The molecule has 1 unspecified atom stereocenters. The Bertz CT molecular complexity index is 970. The third-order valence-corrected chi connectivity index (χ3v) is 5.69. The number of fused-ring (bicyclic) bond motifs is 1. The Morgan fingerprint density at radius 1 is 1.23 bits per heavy atom. The lowest BCUT2D eigenvalue weighted by molar-refractivity contribution is -0.384. The zero-order valence-corrected chi connectivity index (χ0v) is 14.6. The summed E-state index contributed by atoms with van der Waals surface area (Å²) in [6.45, 7) is 0.891. The van der Waals surface area contributed by atoms with Gasteiger partial charge >= 0.3 is 0 Å². The van der Waals surface area contributed by atoms with Crippen LogP contribution in [0.2, 0.25) is 0 Å². The lowest BCUT2D eigenvalue weighted by atomic mass is 10.2. The van der Waals surface area contributed by atoms with E-state index in [-0.39, 0.29) is 23.5 Å². The van der Waals surface area contributed by atoms with E-state index in [1.165, 1.54) is 12.1 Å². The van der Waals surface area contributed by atoms with Crippen molar-refractivity contribution in [1.82, 2.24) is 14.5 Å². The average Bonchev–Trinajstić information content (AvgIpc) is 3.29. The zero-order valence-electron chi connectivity index (χ0n) is 13.8. The molecule has 0 bridgehead atoms. The van der Waals surface area contributed by atoms with Gasteiger partial charge in [0.2, 0.25) is 5.91 Å². The topological polar surface area (TPSA) is 81.3 Å². The number of imidazole rings is 1. The van der Waals surface area contributed by atoms with E-state index in [1.54, 1.807) is 30.2 Å². The second-order valence-electron chi connectivity index (χ2n) is 6.02. The summed E-state index contributed by atoms with van der Waals surface area (Å²) in [6.07, 6.45) is 1.69. The largest absolute Gasteiger partial charge is 0.324 e. The van der Waals surface area contributed by atoms with Crippen LogP contribution >= 0.6 is 11.8 Å². The summed E-state index contributed by atoms with van der Waals surface area (Å²) in [5, 5.41) is 10.7. The first-order valence-corrected chi connectivity index (χ1v) is 9.23. The van der Waals surface area contributed by atoms with E-state index >= 15 is 0 Å². The van der Waals surface area contributed by atoms with Gasteiger partial charge in [-0.05, 0) is 29.8 Å². The summed E-state index contributed by atoms with van der Waals surface area (Å²) in [7, 11) is 0. The van der Waals surface area contributed by atoms with Gasteiger partial charge in [-0.25, -0.2) is 4.98 Å². The molecule has 1 aliphatic rings. The number of amides is 1. The third-order valence-electron chi connectivity index (χ3n) is 4.43. The van der Waals surface area contributed by atoms with Crippen LogP contribution in [0.25, 0.3) is 11.0 Å². The number of non-ortho nitro benzene ring substituents is 1. The standard InChI is InChI=1S/C18H16N4O3S/c23-17(11-20-12-19-15-3-1-2-4-16(15)20)21-9-10-26-18(21)13-5-7-14(8-6-13)22(24)25/h1-8,12,18H,9-11H2. The van der Waals surface area contributed by atoms with Crippen molar-refractivity contribution < 1.29 is 9.72 Å². The van der Waals surface area contributed by atoms with E-state index < -0.39 is 4.92 Å². The van der Waals surface area contributed by atoms with Gasteiger partial charge in [0.05, 0.1) is 22.3 Å². The van der Waals surface area contributed by atoms with Crippen LogP contribution < -0.4 is 0 Å². The number of nitro benzene ring substituents is 1. The molecule has 0 saturated carbocycles. The number of nitrogens with zero attached hydrogens (tertiary/aromatic N) is 4.